The number of hydrogen-bond donors (Lipinski definition) is 1. The van der Waals surface area contributed by atoms with Gasteiger partial charge in [-0.15, -0.1) is 0 Å². The molecule has 0 saturated heterocycles. The van der Waals surface area contributed by atoms with Crippen molar-refractivity contribution >= 4 is 11.8 Å². The molecule has 1 aromatic rings. The molecule has 0 amide bonds. The van der Waals surface area contributed by atoms with Crippen LogP contribution in [0, 0.1) is 13.8 Å². The van der Waals surface area contributed by atoms with E-state index in [0.717, 1.165) is 12.2 Å². The Labute approximate surface area is 96.4 Å². The van der Waals surface area contributed by atoms with Crippen molar-refractivity contribution in [2.45, 2.75) is 44.2 Å². The van der Waals surface area contributed by atoms with Gasteiger partial charge in [-0.25, -0.2) is 0 Å². The fraction of sp³-hybridized carbons (Fsp3) is 0.538. The Morgan fingerprint density at radius 2 is 1.93 bits per heavy atom. The van der Waals surface area contributed by atoms with E-state index in [1.807, 2.05) is 11.8 Å². The fourth-order valence-electron chi connectivity index (χ4n) is 2.37. The minimum Gasteiger partial charge on any atom is -0.324 e. The molecule has 1 unspecified atom stereocenters. The standard InChI is InChI=1S/C13H19NS/c1-8-4-5-9(2)13-11(8)7-15-10(3)6-12(13)14/h4-5,10,12H,6-7,14H2,1-3H3/t10?,12-/m1/s1. The first-order valence-corrected chi connectivity index (χ1v) is 6.60. The number of thioether (sulfide) groups is 1. The second kappa shape index (κ2) is 4.18. The van der Waals surface area contributed by atoms with Gasteiger partial charge in [-0.3, -0.25) is 0 Å². The molecule has 0 radical (unpaired) electrons. The quantitative estimate of drug-likeness (QED) is 0.727. The highest BCUT2D eigenvalue weighted by Crippen LogP contribution is 2.36. The van der Waals surface area contributed by atoms with Gasteiger partial charge in [0.1, 0.15) is 0 Å². The van der Waals surface area contributed by atoms with Crippen LogP contribution in [-0.2, 0) is 5.75 Å². The molecule has 2 N–H and O–H groups in total. The van der Waals surface area contributed by atoms with E-state index < -0.39 is 0 Å². The summed E-state index contributed by atoms with van der Waals surface area (Å²) >= 11 is 2.03. The largest absolute Gasteiger partial charge is 0.324 e. The molecule has 2 atom stereocenters. The molecule has 1 heterocycles. The topological polar surface area (TPSA) is 26.0 Å². The first-order chi connectivity index (χ1) is 7.09. The summed E-state index contributed by atoms with van der Waals surface area (Å²) in [5.41, 5.74) is 11.9. The third-order valence-electron chi connectivity index (χ3n) is 3.28. The van der Waals surface area contributed by atoms with Gasteiger partial charge in [0.2, 0.25) is 0 Å². The zero-order valence-electron chi connectivity index (χ0n) is 9.71. The summed E-state index contributed by atoms with van der Waals surface area (Å²) in [6.07, 6.45) is 1.10. The lowest BCUT2D eigenvalue weighted by atomic mass is 9.91. The zero-order chi connectivity index (χ0) is 11.0. The Balaban J connectivity index is 2.52. The first-order valence-electron chi connectivity index (χ1n) is 5.55. The second-order valence-electron chi connectivity index (χ2n) is 4.56. The average molecular weight is 221 g/mol. The molecule has 1 aromatic carbocycles. The van der Waals surface area contributed by atoms with Crippen LogP contribution in [-0.4, -0.2) is 5.25 Å². The molecule has 2 rings (SSSR count). The fourth-order valence-corrected chi connectivity index (χ4v) is 3.55. The van der Waals surface area contributed by atoms with Crippen molar-refractivity contribution in [3.05, 3.63) is 34.4 Å². The maximum atomic E-state index is 6.29. The smallest absolute Gasteiger partial charge is 0.0311 e. The number of nitrogens with two attached hydrogens (primary N) is 1. The van der Waals surface area contributed by atoms with Gasteiger partial charge in [-0.1, -0.05) is 19.1 Å². The normalized spacial score (nSPS) is 25.9. The molecule has 0 aromatic heterocycles. The van der Waals surface area contributed by atoms with Crippen molar-refractivity contribution in [1.29, 1.82) is 0 Å². The average Bonchev–Trinajstić information content (AvgIpc) is 2.32. The molecule has 15 heavy (non-hydrogen) atoms. The van der Waals surface area contributed by atoms with Gasteiger partial charge in [-0.05, 0) is 42.5 Å². The minimum absolute atomic E-state index is 0.227. The lowest BCUT2D eigenvalue weighted by Crippen LogP contribution is -2.15. The van der Waals surface area contributed by atoms with Crippen molar-refractivity contribution in [2.75, 3.05) is 0 Å². The summed E-state index contributed by atoms with van der Waals surface area (Å²) in [5.74, 6) is 1.12. The Hall–Kier alpha value is -0.470. The van der Waals surface area contributed by atoms with E-state index in [9.17, 15) is 0 Å². The predicted octanol–water partition coefficient (Wildman–Crippen LogP) is 3.33. The Kier molecular flexibility index (Phi) is 3.08. The van der Waals surface area contributed by atoms with Crippen molar-refractivity contribution in [3.8, 4) is 0 Å². The van der Waals surface area contributed by atoms with Crippen molar-refractivity contribution in [2.24, 2.45) is 5.73 Å². The summed E-state index contributed by atoms with van der Waals surface area (Å²) in [6, 6.07) is 4.65. The summed E-state index contributed by atoms with van der Waals surface area (Å²) in [4.78, 5) is 0. The van der Waals surface area contributed by atoms with Gasteiger partial charge in [0.25, 0.3) is 0 Å². The van der Waals surface area contributed by atoms with Crippen LogP contribution in [0.2, 0.25) is 0 Å². The third-order valence-corrected chi connectivity index (χ3v) is 4.49. The Morgan fingerprint density at radius 3 is 2.67 bits per heavy atom. The molecule has 1 nitrogen and oxygen atoms in total. The SMILES string of the molecule is Cc1ccc(C)c2c1CSC(C)C[C@H]2N. The van der Waals surface area contributed by atoms with Crippen molar-refractivity contribution in [1.82, 2.24) is 0 Å². The third kappa shape index (κ3) is 2.06. The van der Waals surface area contributed by atoms with E-state index in [1.54, 1.807) is 0 Å². The first kappa shape index (κ1) is 11.0. The number of fused-ring (bicyclic) bond motifs is 1. The molecule has 0 spiro atoms. The maximum absolute atomic E-state index is 6.29. The Morgan fingerprint density at radius 1 is 1.27 bits per heavy atom. The van der Waals surface area contributed by atoms with Crippen LogP contribution >= 0.6 is 11.8 Å². The zero-order valence-corrected chi connectivity index (χ0v) is 10.5. The highest BCUT2D eigenvalue weighted by Gasteiger charge is 2.22. The summed E-state index contributed by atoms with van der Waals surface area (Å²) in [5, 5.41) is 0.672. The summed E-state index contributed by atoms with van der Waals surface area (Å²) < 4.78 is 0. The van der Waals surface area contributed by atoms with Crippen molar-refractivity contribution < 1.29 is 0 Å². The Bertz CT molecular complexity index is 373. The molecule has 1 aliphatic rings. The summed E-state index contributed by atoms with van der Waals surface area (Å²) in [7, 11) is 0. The maximum Gasteiger partial charge on any atom is 0.0311 e. The van der Waals surface area contributed by atoms with Gasteiger partial charge in [0.15, 0.2) is 0 Å². The van der Waals surface area contributed by atoms with Crippen LogP contribution in [0.5, 0.6) is 0 Å². The van der Waals surface area contributed by atoms with Crippen LogP contribution in [0.4, 0.5) is 0 Å². The van der Waals surface area contributed by atoms with Crippen molar-refractivity contribution in [3.63, 3.8) is 0 Å². The van der Waals surface area contributed by atoms with Crippen LogP contribution in [0.3, 0.4) is 0 Å². The van der Waals surface area contributed by atoms with Gasteiger partial charge < -0.3 is 5.73 Å². The van der Waals surface area contributed by atoms with E-state index in [0.29, 0.717) is 5.25 Å². The monoisotopic (exact) mass is 221 g/mol. The lowest BCUT2D eigenvalue weighted by Gasteiger charge is -2.17. The predicted molar refractivity (Wildman–Crippen MR) is 68.2 cm³/mol. The van der Waals surface area contributed by atoms with Crippen LogP contribution in [0.25, 0.3) is 0 Å². The highest BCUT2D eigenvalue weighted by atomic mass is 32.2. The van der Waals surface area contributed by atoms with Crippen LogP contribution in [0.15, 0.2) is 12.1 Å². The van der Waals surface area contributed by atoms with Gasteiger partial charge in [0, 0.05) is 17.0 Å². The molecule has 0 aliphatic carbocycles. The van der Waals surface area contributed by atoms with Crippen LogP contribution in [0.1, 0.15) is 41.6 Å². The summed E-state index contributed by atoms with van der Waals surface area (Å²) in [6.45, 7) is 6.65. The van der Waals surface area contributed by atoms with E-state index in [1.165, 1.54) is 22.3 Å². The highest BCUT2D eigenvalue weighted by molar-refractivity contribution is 7.99. The van der Waals surface area contributed by atoms with Gasteiger partial charge in [-0.2, -0.15) is 11.8 Å². The lowest BCUT2D eigenvalue weighted by molar-refractivity contribution is 0.647. The molecule has 0 saturated carbocycles. The van der Waals surface area contributed by atoms with E-state index in [4.69, 9.17) is 5.73 Å². The molecular formula is C13H19NS. The molecule has 2 heteroatoms. The van der Waals surface area contributed by atoms with E-state index in [-0.39, 0.29) is 6.04 Å². The molecule has 0 fully saturated rings. The number of aryl methyl sites for hydroxylation is 2. The number of hydrogen-bond acceptors (Lipinski definition) is 2. The van der Waals surface area contributed by atoms with E-state index in [2.05, 4.69) is 32.9 Å². The second-order valence-corrected chi connectivity index (χ2v) is 5.98. The van der Waals surface area contributed by atoms with Gasteiger partial charge >= 0.3 is 0 Å². The van der Waals surface area contributed by atoms with Gasteiger partial charge in [0.05, 0.1) is 0 Å². The molecule has 1 aliphatic heterocycles. The molecular weight excluding hydrogens is 202 g/mol. The molecule has 82 valence electrons. The molecule has 0 bridgehead atoms. The minimum atomic E-state index is 0.227. The number of benzene rings is 1. The van der Waals surface area contributed by atoms with Crippen LogP contribution < -0.4 is 5.73 Å². The van der Waals surface area contributed by atoms with E-state index >= 15 is 0 Å². The number of rotatable bonds is 0.